The van der Waals surface area contributed by atoms with Crippen LogP contribution < -0.4 is 9.47 Å². The molecule has 5 nitrogen and oxygen atoms in total. The molecule has 3 rings (SSSR count). The molecular formula is C26H31NO4S. The predicted octanol–water partition coefficient (Wildman–Crippen LogP) is 5.57. The summed E-state index contributed by atoms with van der Waals surface area (Å²) < 4.78 is 39.8. The highest BCUT2D eigenvalue weighted by molar-refractivity contribution is 7.89. The summed E-state index contributed by atoms with van der Waals surface area (Å²) in [5, 5.41) is 0. The van der Waals surface area contributed by atoms with Crippen molar-refractivity contribution >= 4 is 10.0 Å². The van der Waals surface area contributed by atoms with Crippen molar-refractivity contribution in [3.63, 3.8) is 0 Å². The van der Waals surface area contributed by atoms with Crippen LogP contribution in [0.15, 0.2) is 77.7 Å². The molecule has 6 heteroatoms. The van der Waals surface area contributed by atoms with E-state index in [1.807, 2.05) is 81.4 Å². The Morgan fingerprint density at radius 2 is 1.59 bits per heavy atom. The van der Waals surface area contributed by atoms with E-state index >= 15 is 0 Å². The van der Waals surface area contributed by atoms with Crippen LogP contribution in [0, 0.1) is 6.92 Å². The van der Waals surface area contributed by atoms with Crippen LogP contribution in [0.4, 0.5) is 0 Å². The van der Waals surface area contributed by atoms with Gasteiger partial charge in [-0.1, -0.05) is 61.0 Å². The maximum Gasteiger partial charge on any atom is 0.243 e. The largest absolute Gasteiger partial charge is 0.493 e. The zero-order valence-corrected chi connectivity index (χ0v) is 19.9. The number of sulfonamides is 1. The topological polar surface area (TPSA) is 55.8 Å². The molecule has 1 atom stereocenters. The van der Waals surface area contributed by atoms with E-state index in [1.165, 1.54) is 0 Å². The van der Waals surface area contributed by atoms with E-state index in [0.717, 1.165) is 16.7 Å². The first-order chi connectivity index (χ1) is 15.3. The van der Waals surface area contributed by atoms with Gasteiger partial charge in [0.15, 0.2) is 11.5 Å². The van der Waals surface area contributed by atoms with Crippen molar-refractivity contribution in [2.45, 2.75) is 51.3 Å². The van der Waals surface area contributed by atoms with Gasteiger partial charge in [0.05, 0.1) is 12.0 Å². The molecule has 0 spiro atoms. The molecule has 0 saturated carbocycles. The van der Waals surface area contributed by atoms with E-state index < -0.39 is 10.0 Å². The van der Waals surface area contributed by atoms with Gasteiger partial charge < -0.3 is 9.47 Å². The van der Waals surface area contributed by atoms with Gasteiger partial charge in [-0.05, 0) is 55.7 Å². The maximum atomic E-state index is 13.4. The average Bonchev–Trinajstić information content (AvgIpc) is 2.81. The summed E-state index contributed by atoms with van der Waals surface area (Å²) in [6.07, 6.45) is 0.709. The van der Waals surface area contributed by atoms with E-state index in [1.54, 1.807) is 23.5 Å². The van der Waals surface area contributed by atoms with Crippen molar-refractivity contribution in [3.8, 4) is 11.5 Å². The lowest BCUT2D eigenvalue weighted by Gasteiger charge is -2.28. The number of aryl methyl sites for hydroxylation is 1. The van der Waals surface area contributed by atoms with Crippen LogP contribution in [-0.2, 0) is 23.2 Å². The van der Waals surface area contributed by atoms with Crippen molar-refractivity contribution in [1.82, 2.24) is 4.31 Å². The van der Waals surface area contributed by atoms with Crippen LogP contribution in [0.25, 0.3) is 0 Å². The van der Waals surface area contributed by atoms with Crippen LogP contribution >= 0.6 is 0 Å². The van der Waals surface area contributed by atoms with Gasteiger partial charge in [-0.2, -0.15) is 4.31 Å². The number of nitrogens with zero attached hydrogens (tertiary/aromatic N) is 1. The number of hydrogen-bond acceptors (Lipinski definition) is 4. The maximum absolute atomic E-state index is 13.4. The van der Waals surface area contributed by atoms with Gasteiger partial charge in [-0.15, -0.1) is 0 Å². The standard InChI is InChI=1S/C26H31NO4S/c1-5-21(3)27(32(28,29)24-14-11-20(2)12-15-24)18-23-13-16-25(26(17-23)30-4)31-19-22-9-7-6-8-10-22/h6-17,21H,5,18-19H2,1-4H3. The lowest BCUT2D eigenvalue weighted by atomic mass is 10.1. The molecule has 170 valence electrons. The molecule has 0 saturated heterocycles. The Kier molecular flexibility index (Phi) is 7.94. The molecule has 0 heterocycles. The van der Waals surface area contributed by atoms with Crippen molar-refractivity contribution in [2.24, 2.45) is 0 Å². The normalized spacial score (nSPS) is 12.5. The molecule has 3 aromatic rings. The van der Waals surface area contributed by atoms with Crippen molar-refractivity contribution in [3.05, 3.63) is 89.5 Å². The van der Waals surface area contributed by atoms with E-state index in [0.29, 0.717) is 29.4 Å². The Bertz CT molecular complexity index is 1110. The summed E-state index contributed by atoms with van der Waals surface area (Å²) in [6, 6.07) is 22.3. The third kappa shape index (κ3) is 5.69. The first-order valence-electron chi connectivity index (χ1n) is 10.8. The van der Waals surface area contributed by atoms with Gasteiger partial charge in [0.25, 0.3) is 0 Å². The Morgan fingerprint density at radius 1 is 0.906 bits per heavy atom. The molecule has 0 aliphatic heterocycles. The molecule has 0 amide bonds. The molecule has 3 aromatic carbocycles. The van der Waals surface area contributed by atoms with Crippen LogP contribution in [0.3, 0.4) is 0 Å². The first kappa shape index (κ1) is 23.8. The highest BCUT2D eigenvalue weighted by Gasteiger charge is 2.28. The number of methoxy groups -OCH3 is 1. The van der Waals surface area contributed by atoms with Crippen molar-refractivity contribution < 1.29 is 17.9 Å². The van der Waals surface area contributed by atoms with Gasteiger partial charge >= 0.3 is 0 Å². The highest BCUT2D eigenvalue weighted by Crippen LogP contribution is 2.31. The number of benzene rings is 3. The zero-order chi connectivity index (χ0) is 23.1. The van der Waals surface area contributed by atoms with Gasteiger partial charge in [-0.25, -0.2) is 8.42 Å². The minimum atomic E-state index is -3.64. The smallest absolute Gasteiger partial charge is 0.243 e. The Balaban J connectivity index is 1.84. The van der Waals surface area contributed by atoms with Crippen LogP contribution in [-0.4, -0.2) is 25.9 Å². The lowest BCUT2D eigenvalue weighted by molar-refractivity contribution is 0.283. The minimum Gasteiger partial charge on any atom is -0.493 e. The van der Waals surface area contributed by atoms with Crippen molar-refractivity contribution in [1.29, 1.82) is 0 Å². The second kappa shape index (κ2) is 10.7. The Labute approximate surface area is 191 Å². The first-order valence-corrected chi connectivity index (χ1v) is 12.2. The van der Waals surface area contributed by atoms with E-state index in [2.05, 4.69) is 0 Å². The molecule has 0 aliphatic carbocycles. The number of rotatable bonds is 10. The van der Waals surface area contributed by atoms with Gasteiger partial charge in [-0.3, -0.25) is 0 Å². The van der Waals surface area contributed by atoms with Gasteiger partial charge in [0, 0.05) is 12.6 Å². The van der Waals surface area contributed by atoms with Crippen LogP contribution in [0.1, 0.15) is 37.0 Å². The monoisotopic (exact) mass is 453 g/mol. The van der Waals surface area contributed by atoms with Crippen LogP contribution in [0.2, 0.25) is 0 Å². The zero-order valence-electron chi connectivity index (χ0n) is 19.1. The van der Waals surface area contributed by atoms with Crippen molar-refractivity contribution in [2.75, 3.05) is 7.11 Å². The molecule has 0 fully saturated rings. The summed E-state index contributed by atoms with van der Waals surface area (Å²) in [4.78, 5) is 0.304. The summed E-state index contributed by atoms with van der Waals surface area (Å²) >= 11 is 0. The molecule has 0 radical (unpaired) electrons. The SMILES string of the molecule is CCC(C)N(Cc1ccc(OCc2ccccc2)c(OC)c1)S(=O)(=O)c1ccc(C)cc1. The number of ether oxygens (including phenoxy) is 2. The Hall–Kier alpha value is -2.83. The fourth-order valence-corrected chi connectivity index (χ4v) is 5.06. The molecule has 0 aromatic heterocycles. The molecule has 32 heavy (non-hydrogen) atoms. The van der Waals surface area contributed by atoms with Gasteiger partial charge in [0.1, 0.15) is 6.61 Å². The second-order valence-corrected chi connectivity index (χ2v) is 9.77. The molecule has 0 aliphatic rings. The minimum absolute atomic E-state index is 0.152. The highest BCUT2D eigenvalue weighted by atomic mass is 32.2. The van der Waals surface area contributed by atoms with Gasteiger partial charge in [0.2, 0.25) is 10.0 Å². The summed E-state index contributed by atoms with van der Waals surface area (Å²) in [7, 11) is -2.05. The second-order valence-electron chi connectivity index (χ2n) is 7.88. The van der Waals surface area contributed by atoms with E-state index in [4.69, 9.17) is 9.47 Å². The third-order valence-corrected chi connectivity index (χ3v) is 7.49. The third-order valence-electron chi connectivity index (χ3n) is 5.51. The lowest BCUT2D eigenvalue weighted by Crippen LogP contribution is -2.37. The quantitative estimate of drug-likeness (QED) is 0.403. The average molecular weight is 454 g/mol. The summed E-state index contributed by atoms with van der Waals surface area (Å²) in [5.41, 5.74) is 2.92. The van der Waals surface area contributed by atoms with E-state index in [-0.39, 0.29) is 12.6 Å². The Morgan fingerprint density at radius 3 is 2.22 bits per heavy atom. The molecule has 0 N–H and O–H groups in total. The van der Waals surface area contributed by atoms with Crippen LogP contribution in [0.5, 0.6) is 11.5 Å². The fraction of sp³-hybridized carbons (Fsp3) is 0.308. The predicted molar refractivity (Wildman–Crippen MR) is 127 cm³/mol. The molecule has 1 unspecified atom stereocenters. The summed E-state index contributed by atoms with van der Waals surface area (Å²) in [5.74, 6) is 1.20. The molecule has 0 bridgehead atoms. The fourth-order valence-electron chi connectivity index (χ4n) is 3.37. The molecular weight excluding hydrogens is 422 g/mol. The summed E-state index contributed by atoms with van der Waals surface area (Å²) in [6.45, 7) is 6.54. The number of hydrogen-bond donors (Lipinski definition) is 0. The van der Waals surface area contributed by atoms with E-state index in [9.17, 15) is 8.42 Å².